The van der Waals surface area contributed by atoms with E-state index >= 15 is 0 Å². The van der Waals surface area contributed by atoms with Crippen LogP contribution in [0.15, 0.2) is 70.8 Å². The summed E-state index contributed by atoms with van der Waals surface area (Å²) in [7, 11) is 0. The summed E-state index contributed by atoms with van der Waals surface area (Å²) in [5.41, 5.74) is 0.675. The van der Waals surface area contributed by atoms with Gasteiger partial charge in [0.25, 0.3) is 0 Å². The molecule has 1 aromatic heterocycles. The zero-order valence-electron chi connectivity index (χ0n) is 13.1. The molecule has 1 unspecified atom stereocenters. The predicted molar refractivity (Wildman–Crippen MR) is 103 cm³/mol. The number of aromatic nitrogens is 1. The Morgan fingerprint density at radius 1 is 1.33 bits per heavy atom. The molecule has 1 aromatic carbocycles. The van der Waals surface area contributed by atoms with Crippen LogP contribution in [0.2, 0.25) is 0 Å². The Hall–Kier alpha value is -1.63. The van der Waals surface area contributed by atoms with Crippen LogP contribution in [-0.4, -0.2) is 32.5 Å². The van der Waals surface area contributed by atoms with Crippen LogP contribution in [0.3, 0.4) is 0 Å². The van der Waals surface area contributed by atoms with Crippen LogP contribution in [0.1, 0.15) is 11.3 Å². The molecule has 1 saturated heterocycles. The molecule has 2 heterocycles. The second-order valence-electron chi connectivity index (χ2n) is 5.43. The van der Waals surface area contributed by atoms with Crippen LogP contribution in [0, 0.1) is 0 Å². The van der Waals surface area contributed by atoms with E-state index in [2.05, 4.69) is 32.5 Å². The van der Waals surface area contributed by atoms with Crippen LogP contribution in [0.4, 0.5) is 0 Å². The van der Waals surface area contributed by atoms with Gasteiger partial charge in [0, 0.05) is 22.8 Å². The molecular formula is C18H18BrN3OS. The lowest BCUT2D eigenvalue weighted by Crippen LogP contribution is -2.45. The first-order valence-electron chi connectivity index (χ1n) is 7.57. The number of thioether (sulfide) groups is 1. The minimum absolute atomic E-state index is 0.493. The third-order valence-corrected chi connectivity index (χ3v) is 5.48. The highest BCUT2D eigenvalue weighted by Gasteiger charge is 2.44. The van der Waals surface area contributed by atoms with Crippen LogP contribution in [0.25, 0.3) is 0 Å². The molecule has 2 aromatic rings. The normalized spacial score (nSPS) is 22.1. The number of pyridine rings is 1. The molecule has 0 aliphatic carbocycles. The van der Waals surface area contributed by atoms with Crippen LogP contribution in [0.5, 0.6) is 0 Å². The fourth-order valence-electron chi connectivity index (χ4n) is 2.56. The van der Waals surface area contributed by atoms with Crippen molar-refractivity contribution in [1.82, 2.24) is 9.88 Å². The first kappa shape index (κ1) is 17.2. The molecule has 4 nitrogen and oxygen atoms in total. The van der Waals surface area contributed by atoms with Gasteiger partial charge in [-0.2, -0.15) is 0 Å². The first-order chi connectivity index (χ1) is 11.6. The van der Waals surface area contributed by atoms with Crippen molar-refractivity contribution in [3.63, 3.8) is 0 Å². The van der Waals surface area contributed by atoms with Gasteiger partial charge in [0.15, 0.2) is 10.9 Å². The van der Waals surface area contributed by atoms with E-state index in [1.807, 2.05) is 47.4 Å². The van der Waals surface area contributed by atoms with E-state index in [0.29, 0.717) is 18.8 Å². The van der Waals surface area contributed by atoms with E-state index in [1.165, 1.54) is 0 Å². The van der Waals surface area contributed by atoms with E-state index in [4.69, 9.17) is 0 Å². The Morgan fingerprint density at radius 2 is 2.12 bits per heavy atom. The third kappa shape index (κ3) is 3.55. The third-order valence-electron chi connectivity index (χ3n) is 3.80. The van der Waals surface area contributed by atoms with E-state index in [0.717, 1.165) is 20.9 Å². The molecule has 0 radical (unpaired) electrons. The van der Waals surface area contributed by atoms with Crippen LogP contribution >= 0.6 is 27.7 Å². The zero-order chi connectivity index (χ0) is 17.0. The summed E-state index contributed by atoms with van der Waals surface area (Å²) in [5.74, 6) is 0.531. The highest BCUT2D eigenvalue weighted by Crippen LogP contribution is 2.39. The monoisotopic (exact) mass is 403 g/mol. The van der Waals surface area contributed by atoms with Gasteiger partial charge >= 0.3 is 0 Å². The highest BCUT2D eigenvalue weighted by atomic mass is 79.9. The van der Waals surface area contributed by atoms with Gasteiger partial charge in [0.2, 0.25) is 0 Å². The summed E-state index contributed by atoms with van der Waals surface area (Å²) in [6, 6.07) is 13.5. The molecule has 124 valence electrons. The molecular weight excluding hydrogens is 386 g/mol. The summed E-state index contributed by atoms with van der Waals surface area (Å²) >= 11 is 4.99. The van der Waals surface area contributed by atoms with Gasteiger partial charge in [-0.3, -0.25) is 9.98 Å². The lowest BCUT2D eigenvalue weighted by Gasteiger charge is -2.33. The maximum absolute atomic E-state index is 11.3. The van der Waals surface area contributed by atoms with E-state index in [9.17, 15) is 5.11 Å². The van der Waals surface area contributed by atoms with Crippen molar-refractivity contribution in [3.8, 4) is 0 Å². The maximum atomic E-state index is 11.3. The van der Waals surface area contributed by atoms with Crippen molar-refractivity contribution in [2.75, 3.05) is 12.3 Å². The van der Waals surface area contributed by atoms with E-state index in [-0.39, 0.29) is 0 Å². The van der Waals surface area contributed by atoms with Gasteiger partial charge < -0.3 is 10.0 Å². The van der Waals surface area contributed by atoms with Crippen molar-refractivity contribution in [2.45, 2.75) is 12.3 Å². The maximum Gasteiger partial charge on any atom is 0.175 e. The number of hydrogen-bond acceptors (Lipinski definition) is 4. The second kappa shape index (κ2) is 7.51. The molecule has 1 atom stereocenters. The van der Waals surface area contributed by atoms with Gasteiger partial charge in [0.05, 0.1) is 18.0 Å². The highest BCUT2D eigenvalue weighted by molar-refractivity contribution is 9.10. The van der Waals surface area contributed by atoms with Crippen molar-refractivity contribution in [2.24, 2.45) is 4.99 Å². The molecule has 6 heteroatoms. The molecule has 3 rings (SSSR count). The number of rotatable bonds is 5. The Balaban J connectivity index is 1.87. The van der Waals surface area contributed by atoms with Gasteiger partial charge in [-0.15, -0.1) is 6.58 Å². The lowest BCUT2D eigenvalue weighted by atomic mass is 10.0. The summed E-state index contributed by atoms with van der Waals surface area (Å²) in [5, 5.41) is 12.1. The summed E-state index contributed by atoms with van der Waals surface area (Å²) in [6.07, 6.45) is 3.54. The van der Waals surface area contributed by atoms with Gasteiger partial charge in [-0.25, -0.2) is 0 Å². The Morgan fingerprint density at radius 3 is 2.79 bits per heavy atom. The van der Waals surface area contributed by atoms with Crippen molar-refractivity contribution >= 4 is 32.9 Å². The van der Waals surface area contributed by atoms with Crippen molar-refractivity contribution < 1.29 is 5.11 Å². The number of aliphatic hydroxyl groups is 1. The quantitative estimate of drug-likeness (QED) is 0.771. The summed E-state index contributed by atoms with van der Waals surface area (Å²) in [6.45, 7) is 4.84. The smallest absolute Gasteiger partial charge is 0.175 e. The average molecular weight is 404 g/mol. The predicted octanol–water partition coefficient (Wildman–Crippen LogP) is 3.78. The van der Waals surface area contributed by atoms with E-state index < -0.39 is 5.72 Å². The largest absolute Gasteiger partial charge is 0.366 e. The molecule has 1 aliphatic rings. The first-order valence-corrected chi connectivity index (χ1v) is 9.35. The zero-order valence-corrected chi connectivity index (χ0v) is 15.5. The summed E-state index contributed by atoms with van der Waals surface area (Å²) in [4.78, 5) is 10.8. The lowest BCUT2D eigenvalue weighted by molar-refractivity contribution is -0.0423. The fourth-order valence-corrected chi connectivity index (χ4v) is 4.02. The minimum atomic E-state index is -1.08. The molecule has 1 N–H and O–H groups in total. The van der Waals surface area contributed by atoms with Gasteiger partial charge in [0.1, 0.15) is 0 Å². The SMILES string of the molecule is C=CCN1C(=NCc2ccccn2)SCC1(O)c1ccc(Br)cc1. The van der Waals surface area contributed by atoms with Crippen molar-refractivity contribution in [3.05, 3.63) is 77.0 Å². The number of aliphatic imine (C=N–C) groups is 1. The Kier molecular flexibility index (Phi) is 5.38. The second-order valence-corrected chi connectivity index (χ2v) is 7.29. The van der Waals surface area contributed by atoms with Gasteiger partial charge in [-0.1, -0.05) is 52.0 Å². The number of benzene rings is 1. The molecule has 0 amide bonds. The standard InChI is InChI=1S/C18H18BrN3OS/c1-2-11-22-17(21-12-16-5-3-4-10-20-16)24-13-18(22,23)14-6-8-15(19)9-7-14/h2-10,23H,1,11-13H2. The summed E-state index contributed by atoms with van der Waals surface area (Å²) < 4.78 is 0.986. The number of amidine groups is 1. The van der Waals surface area contributed by atoms with Crippen LogP contribution < -0.4 is 0 Å². The topological polar surface area (TPSA) is 48.7 Å². The average Bonchev–Trinajstić information content (AvgIpc) is 2.92. The number of hydrogen-bond donors (Lipinski definition) is 1. The molecule has 1 fully saturated rings. The molecule has 1 aliphatic heterocycles. The molecule has 0 spiro atoms. The number of halogens is 1. The van der Waals surface area contributed by atoms with Crippen molar-refractivity contribution in [1.29, 1.82) is 0 Å². The van der Waals surface area contributed by atoms with E-state index in [1.54, 1.807) is 24.0 Å². The molecule has 0 saturated carbocycles. The Labute approximate surface area is 154 Å². The fraction of sp³-hybridized carbons (Fsp3) is 0.222. The molecule has 0 bridgehead atoms. The minimum Gasteiger partial charge on any atom is -0.366 e. The van der Waals surface area contributed by atoms with Crippen LogP contribution in [-0.2, 0) is 12.3 Å². The number of nitrogens with zero attached hydrogens (tertiary/aromatic N) is 3. The van der Waals surface area contributed by atoms with Gasteiger partial charge in [-0.05, 0) is 24.3 Å². The molecule has 24 heavy (non-hydrogen) atoms. The Bertz CT molecular complexity index is 736.